The second kappa shape index (κ2) is 11.3. The summed E-state index contributed by atoms with van der Waals surface area (Å²) in [5.41, 5.74) is 2.00. The number of thiophene rings is 1. The van der Waals surface area contributed by atoms with Crippen LogP contribution in [0.3, 0.4) is 0 Å². The fourth-order valence-electron chi connectivity index (χ4n) is 2.91. The van der Waals surface area contributed by atoms with Crippen molar-refractivity contribution in [2.24, 2.45) is 5.92 Å². The van der Waals surface area contributed by atoms with Gasteiger partial charge in [-0.1, -0.05) is 42.4 Å². The molecule has 2 aromatic heterocycles. The highest BCUT2D eigenvalue weighted by Crippen LogP contribution is 2.15. The van der Waals surface area contributed by atoms with Gasteiger partial charge in [0.15, 0.2) is 5.82 Å². The highest BCUT2D eigenvalue weighted by Gasteiger charge is 2.24. The molecule has 2 unspecified atom stereocenters. The topological polar surface area (TPSA) is 104 Å². The number of nitrogens with one attached hydrogen (secondary N) is 1. The van der Waals surface area contributed by atoms with Crippen molar-refractivity contribution in [1.29, 1.82) is 0 Å². The Labute approximate surface area is 184 Å². The summed E-state index contributed by atoms with van der Waals surface area (Å²) < 4.78 is 15.8. The molecule has 0 aliphatic rings. The zero-order valence-electron chi connectivity index (χ0n) is 17.4. The van der Waals surface area contributed by atoms with Crippen LogP contribution in [0.15, 0.2) is 51.7 Å². The number of carbonyl (C=O) groups excluding carboxylic acids is 2. The van der Waals surface area contributed by atoms with Gasteiger partial charge in [-0.2, -0.15) is 16.3 Å². The van der Waals surface area contributed by atoms with Crippen molar-refractivity contribution < 1.29 is 23.6 Å². The second-order valence-electron chi connectivity index (χ2n) is 7.21. The summed E-state index contributed by atoms with van der Waals surface area (Å²) in [6.45, 7) is 3.42. The highest BCUT2D eigenvalue weighted by atomic mass is 32.1. The lowest BCUT2D eigenvalue weighted by atomic mass is 9.98. The first-order chi connectivity index (χ1) is 15.0. The molecule has 1 aromatic carbocycles. The van der Waals surface area contributed by atoms with E-state index in [0.717, 1.165) is 11.1 Å². The number of benzene rings is 1. The molecule has 0 radical (unpaired) electrons. The molecule has 1 N–H and O–H groups in total. The van der Waals surface area contributed by atoms with Gasteiger partial charge in [-0.3, -0.25) is 4.79 Å². The SMILES string of the molecule is CC(=O)OCC(NC(=O)OCc1ccccc1)C(C)Cc1noc(Cc2ccsc2)n1. The summed E-state index contributed by atoms with van der Waals surface area (Å²) in [6.07, 6.45) is 0.434. The lowest BCUT2D eigenvalue weighted by molar-refractivity contribution is -0.142. The van der Waals surface area contributed by atoms with Crippen LogP contribution in [-0.2, 0) is 33.7 Å². The average Bonchev–Trinajstić information content (AvgIpc) is 3.42. The number of aromatic nitrogens is 2. The third-order valence-electron chi connectivity index (χ3n) is 4.62. The van der Waals surface area contributed by atoms with Gasteiger partial charge >= 0.3 is 12.1 Å². The number of ether oxygens (including phenoxy) is 2. The van der Waals surface area contributed by atoms with Gasteiger partial charge in [0.05, 0.1) is 12.5 Å². The molecule has 0 spiro atoms. The van der Waals surface area contributed by atoms with Gasteiger partial charge < -0.3 is 19.3 Å². The highest BCUT2D eigenvalue weighted by molar-refractivity contribution is 7.07. The summed E-state index contributed by atoms with van der Waals surface area (Å²) in [7, 11) is 0. The van der Waals surface area contributed by atoms with Gasteiger partial charge in [0.1, 0.15) is 13.2 Å². The largest absolute Gasteiger partial charge is 0.464 e. The molecule has 0 aliphatic heterocycles. The van der Waals surface area contributed by atoms with E-state index in [9.17, 15) is 9.59 Å². The Kier molecular flexibility index (Phi) is 8.17. The average molecular weight is 444 g/mol. The fourth-order valence-corrected chi connectivity index (χ4v) is 3.58. The van der Waals surface area contributed by atoms with E-state index >= 15 is 0 Å². The zero-order chi connectivity index (χ0) is 22.1. The van der Waals surface area contributed by atoms with Crippen molar-refractivity contribution in [3.63, 3.8) is 0 Å². The second-order valence-corrected chi connectivity index (χ2v) is 7.99. The van der Waals surface area contributed by atoms with Crippen molar-refractivity contribution in [2.45, 2.75) is 39.3 Å². The predicted octanol–water partition coefficient (Wildman–Crippen LogP) is 3.76. The molecular weight excluding hydrogens is 418 g/mol. The fraction of sp³-hybridized carbons (Fsp3) is 0.364. The number of hydrogen-bond donors (Lipinski definition) is 1. The maximum Gasteiger partial charge on any atom is 0.407 e. The van der Waals surface area contributed by atoms with Crippen molar-refractivity contribution in [3.05, 3.63) is 70.0 Å². The van der Waals surface area contributed by atoms with Gasteiger partial charge in [-0.25, -0.2) is 4.79 Å². The van der Waals surface area contributed by atoms with Gasteiger partial charge in [0.2, 0.25) is 5.89 Å². The Morgan fingerprint density at radius 3 is 2.68 bits per heavy atom. The smallest absolute Gasteiger partial charge is 0.407 e. The van der Waals surface area contributed by atoms with Crippen molar-refractivity contribution in [2.75, 3.05) is 6.61 Å². The molecule has 0 saturated heterocycles. The maximum absolute atomic E-state index is 12.3. The molecule has 0 bridgehead atoms. The number of carbonyl (C=O) groups is 2. The first-order valence-corrected chi connectivity index (χ1v) is 10.9. The Hall–Kier alpha value is -3.20. The molecule has 3 rings (SSSR count). The van der Waals surface area contributed by atoms with Crippen LogP contribution in [0, 0.1) is 5.92 Å². The predicted molar refractivity (Wildman–Crippen MR) is 114 cm³/mol. The molecule has 8 nitrogen and oxygen atoms in total. The van der Waals surface area contributed by atoms with Crippen LogP contribution in [-0.4, -0.2) is 34.9 Å². The molecule has 9 heteroatoms. The minimum atomic E-state index is -0.584. The Morgan fingerprint density at radius 2 is 1.97 bits per heavy atom. The normalized spacial score (nSPS) is 12.7. The number of nitrogens with zero attached hydrogens (tertiary/aromatic N) is 2. The van der Waals surface area contributed by atoms with Crippen LogP contribution in [0.1, 0.15) is 36.7 Å². The van der Waals surface area contributed by atoms with Crippen molar-refractivity contribution in [1.82, 2.24) is 15.5 Å². The van der Waals surface area contributed by atoms with Crippen LogP contribution < -0.4 is 5.32 Å². The number of amides is 1. The van der Waals surface area contributed by atoms with Gasteiger partial charge in [0.25, 0.3) is 0 Å². The van der Waals surface area contributed by atoms with E-state index in [1.54, 1.807) is 11.3 Å². The molecule has 3 aromatic rings. The van der Waals surface area contributed by atoms with Crippen LogP contribution in [0.4, 0.5) is 4.79 Å². The van der Waals surface area contributed by atoms with E-state index in [4.69, 9.17) is 14.0 Å². The quantitative estimate of drug-likeness (QED) is 0.476. The van der Waals surface area contributed by atoms with Crippen LogP contribution in [0.2, 0.25) is 0 Å². The lowest BCUT2D eigenvalue weighted by Crippen LogP contribution is -2.44. The Bertz CT molecular complexity index is 959. The zero-order valence-corrected chi connectivity index (χ0v) is 18.3. The molecular formula is C22H25N3O5S. The number of alkyl carbamates (subject to hydrolysis) is 1. The van der Waals surface area contributed by atoms with E-state index in [1.807, 2.05) is 54.1 Å². The summed E-state index contributed by atoms with van der Waals surface area (Å²) in [4.78, 5) is 28.0. The van der Waals surface area contributed by atoms with E-state index in [-0.39, 0.29) is 19.1 Å². The Balaban J connectivity index is 1.56. The van der Waals surface area contributed by atoms with E-state index in [0.29, 0.717) is 24.6 Å². The summed E-state index contributed by atoms with van der Waals surface area (Å²) in [6, 6.07) is 10.9. The van der Waals surface area contributed by atoms with Gasteiger partial charge in [-0.15, -0.1) is 0 Å². The molecule has 0 fully saturated rings. The number of esters is 1. The standard InChI is InChI=1S/C22H25N3O5S/c1-15(10-20-24-21(30-25-20)11-18-8-9-31-14-18)19(13-28-16(2)26)23-22(27)29-12-17-6-4-3-5-7-17/h3-9,14-15,19H,10-13H2,1-2H3,(H,23,27). The molecule has 1 amide bonds. The van der Waals surface area contributed by atoms with Gasteiger partial charge in [0, 0.05) is 13.3 Å². The summed E-state index contributed by atoms with van der Waals surface area (Å²) in [5.74, 6) is 0.516. The minimum absolute atomic E-state index is 0.0244. The molecule has 0 saturated carbocycles. The van der Waals surface area contributed by atoms with E-state index in [2.05, 4.69) is 15.5 Å². The van der Waals surface area contributed by atoms with Crippen LogP contribution >= 0.6 is 11.3 Å². The Morgan fingerprint density at radius 1 is 1.16 bits per heavy atom. The minimum Gasteiger partial charge on any atom is -0.464 e. The van der Waals surface area contributed by atoms with E-state index in [1.165, 1.54) is 6.92 Å². The first-order valence-electron chi connectivity index (χ1n) is 9.92. The molecule has 0 aliphatic carbocycles. The molecule has 164 valence electrons. The number of hydrogen-bond acceptors (Lipinski definition) is 8. The summed E-state index contributed by atoms with van der Waals surface area (Å²) in [5, 5.41) is 10.8. The summed E-state index contributed by atoms with van der Waals surface area (Å²) >= 11 is 1.61. The lowest BCUT2D eigenvalue weighted by Gasteiger charge is -2.23. The molecule has 2 heterocycles. The first kappa shape index (κ1) is 22.5. The van der Waals surface area contributed by atoms with E-state index < -0.39 is 18.1 Å². The van der Waals surface area contributed by atoms with Crippen LogP contribution in [0.25, 0.3) is 0 Å². The number of rotatable bonds is 10. The maximum atomic E-state index is 12.3. The van der Waals surface area contributed by atoms with Crippen molar-refractivity contribution >= 4 is 23.4 Å². The molecule has 2 atom stereocenters. The monoisotopic (exact) mass is 443 g/mol. The van der Waals surface area contributed by atoms with Crippen LogP contribution in [0.5, 0.6) is 0 Å². The third-order valence-corrected chi connectivity index (χ3v) is 5.35. The van der Waals surface area contributed by atoms with Gasteiger partial charge in [-0.05, 0) is 33.9 Å². The van der Waals surface area contributed by atoms with Crippen molar-refractivity contribution in [3.8, 4) is 0 Å². The third kappa shape index (κ3) is 7.53. The molecule has 31 heavy (non-hydrogen) atoms.